The van der Waals surface area contributed by atoms with E-state index < -0.39 is 0 Å². The van der Waals surface area contributed by atoms with Gasteiger partial charge in [0.1, 0.15) is 0 Å². The lowest BCUT2D eigenvalue weighted by atomic mass is 10.2. The van der Waals surface area contributed by atoms with Crippen molar-refractivity contribution in [1.82, 2.24) is 21.3 Å². The molecule has 2 aromatic carbocycles. The number of unbranched alkanes of at least 4 members (excludes halogenated alkanes) is 3. The second-order valence-electron chi connectivity index (χ2n) is 7.69. The Labute approximate surface area is 228 Å². The van der Waals surface area contributed by atoms with Crippen molar-refractivity contribution in [3.05, 3.63) is 71.2 Å². The largest absolute Gasteiger partial charge is 0.356 e. The Bertz CT molecular complexity index is 928. The van der Waals surface area contributed by atoms with Crippen LogP contribution in [0.3, 0.4) is 0 Å². The van der Waals surface area contributed by atoms with Crippen LogP contribution in [0.15, 0.2) is 61.2 Å². The minimum atomic E-state index is -0.00148. The summed E-state index contributed by atoms with van der Waals surface area (Å²) in [6.45, 7) is 6.50. The highest BCUT2D eigenvalue weighted by atomic mass is 35.5. The van der Waals surface area contributed by atoms with Crippen molar-refractivity contribution in [3.8, 4) is 0 Å². The molecule has 0 spiro atoms. The predicted octanol–water partition coefficient (Wildman–Crippen LogP) is 5.37. The molecule has 0 radical (unpaired) electrons. The van der Waals surface area contributed by atoms with Gasteiger partial charge < -0.3 is 21.3 Å². The van der Waals surface area contributed by atoms with Crippen LogP contribution in [0.1, 0.15) is 32.6 Å². The first-order chi connectivity index (χ1) is 17.7. The second kappa shape index (κ2) is 18.5. The molecule has 10 N–H and O–H groups in total. The van der Waals surface area contributed by atoms with Gasteiger partial charge in [0.2, 0.25) is 0 Å². The van der Waals surface area contributed by atoms with Gasteiger partial charge in [0.05, 0.1) is 0 Å². The van der Waals surface area contributed by atoms with Gasteiger partial charge in [-0.25, -0.2) is 0 Å². The quantitative estimate of drug-likeness (QED) is 0.0877. The maximum atomic E-state index is 7.86. The van der Waals surface area contributed by atoms with E-state index in [1.807, 2.05) is 6.92 Å². The Kier molecular flexibility index (Phi) is 15.6. The van der Waals surface area contributed by atoms with Crippen molar-refractivity contribution in [2.24, 2.45) is 0 Å². The first-order valence-corrected chi connectivity index (χ1v) is 12.5. The average molecular weight is 548 g/mol. The molecule has 0 saturated heterocycles. The van der Waals surface area contributed by atoms with E-state index in [9.17, 15) is 0 Å². The second-order valence-corrected chi connectivity index (χ2v) is 8.56. The average Bonchev–Trinajstić information content (AvgIpc) is 2.84. The number of hydrogen-bond acceptors (Lipinski definition) is 4. The molecule has 0 saturated carbocycles. The van der Waals surface area contributed by atoms with E-state index in [4.69, 9.17) is 44.8 Å². The molecule has 0 bridgehead atoms. The van der Waals surface area contributed by atoms with Crippen LogP contribution in [-0.4, -0.2) is 36.9 Å². The molecule has 0 atom stereocenters. The predicted molar refractivity (Wildman–Crippen MR) is 158 cm³/mol. The number of anilines is 2. The van der Waals surface area contributed by atoms with E-state index in [1.165, 1.54) is 0 Å². The van der Waals surface area contributed by atoms with Gasteiger partial charge in [0, 0.05) is 34.5 Å². The van der Waals surface area contributed by atoms with Crippen molar-refractivity contribution in [2.45, 2.75) is 32.6 Å². The van der Waals surface area contributed by atoms with E-state index in [2.05, 4.69) is 38.5 Å². The molecule has 0 fully saturated rings. The molecule has 12 heteroatoms. The third-order valence-electron chi connectivity index (χ3n) is 4.43. The number of guanidine groups is 4. The highest BCUT2D eigenvalue weighted by molar-refractivity contribution is 6.31. The highest BCUT2D eigenvalue weighted by Crippen LogP contribution is 2.13. The normalized spacial score (nSPS) is 9.59. The summed E-state index contributed by atoms with van der Waals surface area (Å²) in [5, 5.41) is 49.5. The summed E-state index contributed by atoms with van der Waals surface area (Å²) >= 11 is 11.7. The number of nitrogens with one attached hydrogen (secondary N) is 10. The summed E-state index contributed by atoms with van der Waals surface area (Å²) in [6.07, 6.45) is 5.45. The Balaban J connectivity index is 0.00000217. The number of benzene rings is 2. The van der Waals surface area contributed by atoms with E-state index in [1.54, 1.807) is 54.6 Å². The van der Waals surface area contributed by atoms with Crippen molar-refractivity contribution >= 4 is 58.4 Å². The topological polar surface area (TPSA) is 168 Å². The molecule has 0 aliphatic heterocycles. The van der Waals surface area contributed by atoms with E-state index in [0.717, 1.165) is 25.7 Å². The number of hydrogen-bond donors (Lipinski definition) is 10. The molecule has 0 aliphatic rings. The van der Waals surface area contributed by atoms with Crippen LogP contribution in [0.25, 0.3) is 0 Å². The summed E-state index contributed by atoms with van der Waals surface area (Å²) in [7, 11) is 0. The van der Waals surface area contributed by atoms with Crippen LogP contribution in [0.4, 0.5) is 11.4 Å². The first-order valence-electron chi connectivity index (χ1n) is 11.7. The number of rotatable bonds is 9. The fourth-order valence-electron chi connectivity index (χ4n) is 2.79. The highest BCUT2D eigenvalue weighted by Gasteiger charge is 2.03. The molecule has 0 amide bonds. The van der Waals surface area contributed by atoms with Gasteiger partial charge in [0.25, 0.3) is 0 Å². The lowest BCUT2D eigenvalue weighted by Gasteiger charge is -2.13. The van der Waals surface area contributed by atoms with Crippen molar-refractivity contribution in [1.29, 1.82) is 21.6 Å². The SMILES string of the molecule is C=CC.N=C(NCCCCCCNC(=N)NC(=N)Nc1ccc(Cl)cc1)NC(=N)Nc1ccc(Cl)cc1. The standard InChI is InChI=1S/C22H30Cl2N10.C3H6/c23-15-5-9-17(10-6-15)31-21(27)33-19(25)29-13-3-1-2-4-14-30-20(26)34-22(28)32-18-11-7-16(24)8-12-18;1-3-2/h5-12H,1-4,13-14H2,(H5,25,27,29,31,33)(H5,26,28,30,32,34);3H,1H2,2H3. The molecule has 10 nitrogen and oxygen atoms in total. The Hall–Kier alpha value is -3.76. The lowest BCUT2D eigenvalue weighted by molar-refractivity contribution is 0.619. The molecule has 2 aromatic rings. The molecular formula is C25H36Cl2N10. The molecule has 0 unspecified atom stereocenters. The first kappa shape index (κ1) is 31.3. The summed E-state index contributed by atoms with van der Waals surface area (Å²) in [5.74, 6) is 0.112. The van der Waals surface area contributed by atoms with Crippen LogP contribution < -0.4 is 31.9 Å². The zero-order valence-corrected chi connectivity index (χ0v) is 22.4. The van der Waals surface area contributed by atoms with Gasteiger partial charge in [0.15, 0.2) is 23.8 Å². The Morgan fingerprint density at radius 1 is 0.649 bits per heavy atom. The zero-order chi connectivity index (χ0) is 27.5. The molecule has 0 heterocycles. The van der Waals surface area contributed by atoms with Crippen LogP contribution in [0.2, 0.25) is 10.0 Å². The maximum absolute atomic E-state index is 7.86. The molecule has 0 aromatic heterocycles. The number of allylic oxidation sites excluding steroid dienone is 1. The molecule has 200 valence electrons. The fourth-order valence-corrected chi connectivity index (χ4v) is 3.04. The van der Waals surface area contributed by atoms with Gasteiger partial charge in [-0.15, -0.1) is 6.58 Å². The molecular weight excluding hydrogens is 511 g/mol. The lowest BCUT2D eigenvalue weighted by Crippen LogP contribution is -2.43. The minimum absolute atomic E-state index is 0.00148. The van der Waals surface area contributed by atoms with Crippen molar-refractivity contribution < 1.29 is 0 Å². The van der Waals surface area contributed by atoms with E-state index in [-0.39, 0.29) is 23.8 Å². The fraction of sp³-hybridized carbons (Fsp3) is 0.280. The van der Waals surface area contributed by atoms with E-state index in [0.29, 0.717) is 34.5 Å². The van der Waals surface area contributed by atoms with Crippen LogP contribution in [-0.2, 0) is 0 Å². The van der Waals surface area contributed by atoms with Gasteiger partial charge in [-0.3, -0.25) is 32.3 Å². The van der Waals surface area contributed by atoms with Crippen molar-refractivity contribution in [2.75, 3.05) is 23.7 Å². The van der Waals surface area contributed by atoms with Gasteiger partial charge in [-0.2, -0.15) is 0 Å². The third-order valence-corrected chi connectivity index (χ3v) is 4.94. The maximum Gasteiger partial charge on any atom is 0.199 e. The molecule has 0 aliphatic carbocycles. The summed E-state index contributed by atoms with van der Waals surface area (Å²) < 4.78 is 0. The Morgan fingerprint density at radius 2 is 0.973 bits per heavy atom. The minimum Gasteiger partial charge on any atom is -0.356 e. The van der Waals surface area contributed by atoms with Gasteiger partial charge >= 0.3 is 0 Å². The Morgan fingerprint density at radius 3 is 1.30 bits per heavy atom. The summed E-state index contributed by atoms with van der Waals surface area (Å²) in [4.78, 5) is 0. The zero-order valence-electron chi connectivity index (χ0n) is 20.9. The monoisotopic (exact) mass is 546 g/mol. The summed E-state index contributed by atoms with van der Waals surface area (Å²) in [5.41, 5.74) is 1.42. The van der Waals surface area contributed by atoms with E-state index >= 15 is 0 Å². The van der Waals surface area contributed by atoms with Gasteiger partial charge in [-0.1, -0.05) is 42.1 Å². The molecule has 37 heavy (non-hydrogen) atoms. The van der Waals surface area contributed by atoms with Crippen LogP contribution in [0, 0.1) is 21.6 Å². The number of halogens is 2. The smallest absolute Gasteiger partial charge is 0.199 e. The van der Waals surface area contributed by atoms with Crippen LogP contribution >= 0.6 is 23.2 Å². The van der Waals surface area contributed by atoms with Crippen LogP contribution in [0.5, 0.6) is 0 Å². The third kappa shape index (κ3) is 15.8. The van der Waals surface area contributed by atoms with Gasteiger partial charge in [-0.05, 0) is 68.3 Å². The van der Waals surface area contributed by atoms with Crippen molar-refractivity contribution in [3.63, 3.8) is 0 Å². The molecule has 2 rings (SSSR count). The summed E-state index contributed by atoms with van der Waals surface area (Å²) in [6, 6.07) is 13.9.